The molecule has 3 amide bonds. The van der Waals surface area contributed by atoms with Crippen molar-refractivity contribution in [2.45, 2.75) is 31.8 Å². The van der Waals surface area contributed by atoms with Crippen molar-refractivity contribution in [2.24, 2.45) is 0 Å². The monoisotopic (exact) mass is 363 g/mol. The summed E-state index contributed by atoms with van der Waals surface area (Å²) in [5, 5.41) is 24.3. The first-order valence-electron chi connectivity index (χ1n) is 6.95. The number of hydrogen-bond acceptors (Lipinski definition) is 6. The third-order valence-electron chi connectivity index (χ3n) is 2.73. The van der Waals surface area contributed by atoms with E-state index in [9.17, 15) is 24.0 Å². The van der Waals surface area contributed by atoms with E-state index in [0.29, 0.717) is 0 Å². The summed E-state index contributed by atoms with van der Waals surface area (Å²) in [6.07, 6.45) is 1.36. The van der Waals surface area contributed by atoms with Crippen LogP contribution in [0.25, 0.3) is 0 Å². The van der Waals surface area contributed by atoms with E-state index in [4.69, 9.17) is 10.2 Å². The molecule has 0 aliphatic carbocycles. The maximum atomic E-state index is 11.9. The molecule has 0 aliphatic heterocycles. The summed E-state index contributed by atoms with van der Waals surface area (Å²) in [6, 6.07) is -2.14. The van der Waals surface area contributed by atoms with Crippen LogP contribution in [0.2, 0.25) is 0 Å². The van der Waals surface area contributed by atoms with E-state index in [0.717, 1.165) is 6.92 Å². The van der Waals surface area contributed by atoms with Crippen molar-refractivity contribution in [2.75, 3.05) is 18.6 Å². The Morgan fingerprint density at radius 2 is 1.67 bits per heavy atom. The molecule has 24 heavy (non-hydrogen) atoms. The zero-order valence-electron chi connectivity index (χ0n) is 13.3. The molecule has 0 fully saturated rings. The van der Waals surface area contributed by atoms with Gasteiger partial charge in [0.2, 0.25) is 17.7 Å². The minimum Gasteiger partial charge on any atom is -0.480 e. The highest BCUT2D eigenvalue weighted by atomic mass is 32.2. The van der Waals surface area contributed by atoms with E-state index in [2.05, 4.69) is 16.0 Å². The predicted octanol–water partition coefficient (Wildman–Crippen LogP) is -1.60. The Hall–Kier alpha value is -2.30. The lowest BCUT2D eigenvalue weighted by molar-refractivity contribution is -0.142. The summed E-state index contributed by atoms with van der Waals surface area (Å²) in [4.78, 5) is 56.0. The van der Waals surface area contributed by atoms with Gasteiger partial charge in [-0.05, 0) is 12.7 Å². The van der Waals surface area contributed by atoms with Gasteiger partial charge in [-0.1, -0.05) is 0 Å². The van der Waals surface area contributed by atoms with Crippen LogP contribution >= 0.6 is 11.8 Å². The van der Waals surface area contributed by atoms with E-state index in [1.165, 1.54) is 11.8 Å². The SMILES string of the molecule is CSCC(NC(=O)CCC(NC(C)=O)C(=O)O)C(=O)NCC(=O)O. The molecule has 0 heterocycles. The molecule has 0 rings (SSSR count). The molecular formula is C13H21N3O7S. The lowest BCUT2D eigenvalue weighted by Gasteiger charge is -2.18. The van der Waals surface area contributed by atoms with Crippen molar-refractivity contribution in [1.82, 2.24) is 16.0 Å². The minimum atomic E-state index is -1.27. The van der Waals surface area contributed by atoms with Gasteiger partial charge in [0.15, 0.2) is 0 Å². The predicted molar refractivity (Wildman–Crippen MR) is 85.4 cm³/mol. The first kappa shape index (κ1) is 21.7. The maximum Gasteiger partial charge on any atom is 0.326 e. The molecular weight excluding hydrogens is 342 g/mol. The Bertz CT molecular complexity index is 498. The first-order valence-corrected chi connectivity index (χ1v) is 8.34. The van der Waals surface area contributed by atoms with Crippen LogP contribution < -0.4 is 16.0 Å². The Morgan fingerprint density at radius 1 is 1.04 bits per heavy atom. The number of rotatable bonds is 11. The van der Waals surface area contributed by atoms with Crippen molar-refractivity contribution in [1.29, 1.82) is 0 Å². The summed E-state index contributed by atoms with van der Waals surface area (Å²) in [5.41, 5.74) is 0. The average Bonchev–Trinajstić information content (AvgIpc) is 2.47. The zero-order valence-corrected chi connectivity index (χ0v) is 14.1. The molecule has 136 valence electrons. The molecule has 5 N–H and O–H groups in total. The molecule has 0 saturated carbocycles. The lowest BCUT2D eigenvalue weighted by Crippen LogP contribution is -2.49. The molecule has 0 radical (unpaired) electrons. The molecule has 0 aromatic carbocycles. The largest absolute Gasteiger partial charge is 0.480 e. The van der Waals surface area contributed by atoms with Gasteiger partial charge in [-0.2, -0.15) is 11.8 Å². The number of hydrogen-bond donors (Lipinski definition) is 5. The van der Waals surface area contributed by atoms with E-state index >= 15 is 0 Å². The number of aliphatic carboxylic acids is 2. The highest BCUT2D eigenvalue weighted by Crippen LogP contribution is 2.02. The third kappa shape index (κ3) is 9.66. The van der Waals surface area contributed by atoms with Crippen molar-refractivity contribution in [3.8, 4) is 0 Å². The van der Waals surface area contributed by atoms with Crippen molar-refractivity contribution >= 4 is 41.4 Å². The fourth-order valence-electron chi connectivity index (χ4n) is 1.68. The van der Waals surface area contributed by atoms with Gasteiger partial charge in [-0.15, -0.1) is 0 Å². The van der Waals surface area contributed by atoms with Gasteiger partial charge in [0.25, 0.3) is 0 Å². The summed E-state index contributed by atoms with van der Waals surface area (Å²) < 4.78 is 0. The lowest BCUT2D eigenvalue weighted by atomic mass is 10.1. The number of carbonyl (C=O) groups excluding carboxylic acids is 3. The average molecular weight is 363 g/mol. The fourth-order valence-corrected chi connectivity index (χ4v) is 2.25. The number of carboxylic acids is 2. The van der Waals surface area contributed by atoms with Crippen LogP contribution in [-0.2, 0) is 24.0 Å². The van der Waals surface area contributed by atoms with Crippen LogP contribution in [0.3, 0.4) is 0 Å². The number of carboxylic acid groups (broad SMARTS) is 2. The molecule has 0 aromatic heterocycles. The second-order valence-corrected chi connectivity index (χ2v) is 5.73. The number of nitrogens with one attached hydrogen (secondary N) is 3. The van der Waals surface area contributed by atoms with E-state index < -0.39 is 48.3 Å². The van der Waals surface area contributed by atoms with Crippen LogP contribution in [0.5, 0.6) is 0 Å². The van der Waals surface area contributed by atoms with E-state index in [1.807, 2.05) is 0 Å². The standard InChI is InChI=1S/C13H21N3O7S/c1-7(17)15-8(13(22)23)3-4-10(18)16-9(6-24-2)12(21)14-5-11(19)20/h8-9H,3-6H2,1-2H3,(H,14,21)(H,15,17)(H,16,18)(H,19,20)(H,22,23). The van der Waals surface area contributed by atoms with Gasteiger partial charge in [0.05, 0.1) is 0 Å². The summed E-state index contributed by atoms with van der Waals surface area (Å²) in [5.74, 6) is -4.00. The van der Waals surface area contributed by atoms with E-state index in [-0.39, 0.29) is 18.6 Å². The molecule has 0 saturated heterocycles. The van der Waals surface area contributed by atoms with Crippen LogP contribution in [0.1, 0.15) is 19.8 Å². The first-order chi connectivity index (χ1) is 11.2. The quantitative estimate of drug-likeness (QED) is 0.293. The smallest absolute Gasteiger partial charge is 0.326 e. The third-order valence-corrected chi connectivity index (χ3v) is 3.40. The maximum absolute atomic E-state index is 11.9. The fraction of sp³-hybridized carbons (Fsp3) is 0.615. The summed E-state index contributed by atoms with van der Waals surface area (Å²) >= 11 is 1.28. The molecule has 0 aromatic rings. The topological polar surface area (TPSA) is 162 Å². The van der Waals surface area contributed by atoms with Gasteiger partial charge in [-0.25, -0.2) is 4.79 Å². The Morgan fingerprint density at radius 3 is 2.12 bits per heavy atom. The van der Waals surface area contributed by atoms with E-state index in [1.54, 1.807) is 6.26 Å². The molecule has 2 atom stereocenters. The summed E-state index contributed by atoms with van der Waals surface area (Å²) in [6.45, 7) is 0.598. The minimum absolute atomic E-state index is 0.135. The number of amides is 3. The van der Waals surface area contributed by atoms with Crippen molar-refractivity contribution in [3.05, 3.63) is 0 Å². The molecule has 0 aliphatic rings. The molecule has 2 unspecified atom stereocenters. The highest BCUT2D eigenvalue weighted by molar-refractivity contribution is 7.98. The van der Waals surface area contributed by atoms with Gasteiger partial charge in [-0.3, -0.25) is 19.2 Å². The molecule has 11 heteroatoms. The van der Waals surface area contributed by atoms with Gasteiger partial charge in [0.1, 0.15) is 18.6 Å². The second kappa shape index (κ2) is 11.3. The zero-order chi connectivity index (χ0) is 18.7. The van der Waals surface area contributed by atoms with Crippen LogP contribution in [0.15, 0.2) is 0 Å². The van der Waals surface area contributed by atoms with Crippen LogP contribution in [0, 0.1) is 0 Å². The van der Waals surface area contributed by atoms with Crippen LogP contribution in [-0.4, -0.2) is 70.5 Å². The Labute approximate surface area is 142 Å². The second-order valence-electron chi connectivity index (χ2n) is 4.82. The number of carbonyl (C=O) groups is 5. The highest BCUT2D eigenvalue weighted by Gasteiger charge is 2.23. The van der Waals surface area contributed by atoms with Gasteiger partial charge >= 0.3 is 11.9 Å². The van der Waals surface area contributed by atoms with Crippen LogP contribution in [0.4, 0.5) is 0 Å². The molecule has 0 bridgehead atoms. The van der Waals surface area contributed by atoms with Crippen molar-refractivity contribution in [3.63, 3.8) is 0 Å². The molecule has 0 spiro atoms. The Kier molecular flexibility index (Phi) is 10.2. The Balaban J connectivity index is 4.55. The van der Waals surface area contributed by atoms with Gasteiger partial charge < -0.3 is 26.2 Å². The summed E-state index contributed by atoms with van der Waals surface area (Å²) in [7, 11) is 0. The number of thioether (sulfide) groups is 1. The van der Waals surface area contributed by atoms with Crippen molar-refractivity contribution < 1.29 is 34.2 Å². The molecule has 10 nitrogen and oxygen atoms in total. The van der Waals surface area contributed by atoms with Gasteiger partial charge in [0, 0.05) is 19.1 Å². The normalized spacial score (nSPS) is 12.6.